The topological polar surface area (TPSA) is 63.8 Å². The molecule has 0 saturated heterocycles. The van der Waals surface area contributed by atoms with Gasteiger partial charge in [-0.3, -0.25) is 4.98 Å². The van der Waals surface area contributed by atoms with Crippen LogP contribution in [0.15, 0.2) is 36.8 Å². The van der Waals surface area contributed by atoms with Crippen LogP contribution in [0.25, 0.3) is 0 Å². The van der Waals surface area contributed by atoms with Crippen LogP contribution in [0.4, 0.5) is 17.2 Å². The first-order valence-corrected chi connectivity index (χ1v) is 4.64. The molecule has 0 fully saturated rings. The van der Waals surface area contributed by atoms with Gasteiger partial charge >= 0.3 is 0 Å². The van der Waals surface area contributed by atoms with Crippen LogP contribution in [0, 0.1) is 6.92 Å². The Morgan fingerprint density at radius 3 is 2.80 bits per heavy atom. The zero-order chi connectivity index (χ0) is 10.7. The van der Waals surface area contributed by atoms with Gasteiger partial charge in [0.25, 0.3) is 0 Å². The largest absolute Gasteiger partial charge is 0.384 e. The van der Waals surface area contributed by atoms with E-state index in [1.54, 1.807) is 18.5 Å². The van der Waals surface area contributed by atoms with Crippen molar-refractivity contribution in [1.82, 2.24) is 9.97 Å². The Hall–Kier alpha value is -2.10. The average Bonchev–Trinajstić information content (AvgIpc) is 2.17. The summed E-state index contributed by atoms with van der Waals surface area (Å²) in [5, 5.41) is 3.20. The molecule has 2 aromatic rings. The number of nitrogens with zero attached hydrogens (tertiary/aromatic N) is 2. The van der Waals surface area contributed by atoms with Crippen LogP contribution >= 0.6 is 0 Å². The molecular formula is C11H12N4. The number of aryl methyl sites for hydroxylation is 1. The van der Waals surface area contributed by atoms with Crippen LogP contribution in [-0.2, 0) is 0 Å². The molecule has 2 rings (SSSR count). The van der Waals surface area contributed by atoms with Crippen molar-refractivity contribution in [2.75, 3.05) is 11.1 Å². The van der Waals surface area contributed by atoms with Gasteiger partial charge in [0.05, 0.1) is 11.9 Å². The zero-order valence-electron chi connectivity index (χ0n) is 8.44. The van der Waals surface area contributed by atoms with Crippen molar-refractivity contribution in [2.24, 2.45) is 0 Å². The van der Waals surface area contributed by atoms with Gasteiger partial charge in [0.1, 0.15) is 5.82 Å². The van der Waals surface area contributed by atoms with E-state index in [2.05, 4.69) is 15.3 Å². The van der Waals surface area contributed by atoms with E-state index in [0.717, 1.165) is 16.9 Å². The average molecular weight is 200 g/mol. The normalized spacial score (nSPS) is 9.93. The van der Waals surface area contributed by atoms with Crippen LogP contribution in [0.5, 0.6) is 0 Å². The van der Waals surface area contributed by atoms with Crippen molar-refractivity contribution in [2.45, 2.75) is 6.92 Å². The van der Waals surface area contributed by atoms with Crippen LogP contribution in [-0.4, -0.2) is 9.97 Å². The molecule has 0 aliphatic rings. The first-order valence-electron chi connectivity index (χ1n) is 4.64. The maximum atomic E-state index is 5.58. The second-order valence-electron chi connectivity index (χ2n) is 3.35. The molecule has 0 spiro atoms. The van der Waals surface area contributed by atoms with Crippen LogP contribution in [0.3, 0.4) is 0 Å². The van der Waals surface area contributed by atoms with E-state index in [1.165, 1.54) is 0 Å². The maximum Gasteiger partial charge on any atom is 0.125 e. The highest BCUT2D eigenvalue weighted by atomic mass is 14.9. The third-order valence-corrected chi connectivity index (χ3v) is 1.94. The molecule has 0 aliphatic heterocycles. The monoisotopic (exact) mass is 200 g/mol. The second kappa shape index (κ2) is 3.96. The molecule has 3 N–H and O–H groups in total. The summed E-state index contributed by atoms with van der Waals surface area (Å²) in [7, 11) is 0. The van der Waals surface area contributed by atoms with E-state index in [0.29, 0.717) is 5.82 Å². The van der Waals surface area contributed by atoms with Gasteiger partial charge in [-0.2, -0.15) is 0 Å². The van der Waals surface area contributed by atoms with E-state index in [4.69, 9.17) is 5.73 Å². The zero-order valence-corrected chi connectivity index (χ0v) is 8.44. The van der Waals surface area contributed by atoms with Gasteiger partial charge in [0.2, 0.25) is 0 Å². The summed E-state index contributed by atoms with van der Waals surface area (Å²) in [6.45, 7) is 2.00. The molecule has 0 unspecified atom stereocenters. The van der Waals surface area contributed by atoms with Crippen molar-refractivity contribution in [3.8, 4) is 0 Å². The van der Waals surface area contributed by atoms with Gasteiger partial charge in [0.15, 0.2) is 0 Å². The molecule has 0 aromatic carbocycles. The fraction of sp³-hybridized carbons (Fsp3) is 0.0909. The molecule has 0 bridgehead atoms. The summed E-state index contributed by atoms with van der Waals surface area (Å²) in [5.74, 6) is 0.501. The number of rotatable bonds is 2. The summed E-state index contributed by atoms with van der Waals surface area (Å²) < 4.78 is 0. The quantitative estimate of drug-likeness (QED) is 0.779. The van der Waals surface area contributed by atoms with E-state index in [1.807, 2.05) is 25.3 Å². The third-order valence-electron chi connectivity index (χ3n) is 1.94. The van der Waals surface area contributed by atoms with Crippen molar-refractivity contribution in [3.63, 3.8) is 0 Å². The Kier molecular flexibility index (Phi) is 2.49. The first kappa shape index (κ1) is 9.45. The molecule has 0 amide bonds. The highest BCUT2D eigenvalue weighted by molar-refractivity contribution is 5.61. The highest BCUT2D eigenvalue weighted by Crippen LogP contribution is 2.16. The lowest BCUT2D eigenvalue weighted by Crippen LogP contribution is -1.94. The SMILES string of the molecule is Cc1cncc(Nc2ccnc(N)c2)c1. The van der Waals surface area contributed by atoms with Crippen LogP contribution in [0.1, 0.15) is 5.56 Å². The van der Waals surface area contributed by atoms with Gasteiger partial charge in [-0.25, -0.2) is 4.98 Å². The summed E-state index contributed by atoms with van der Waals surface area (Å²) in [6.07, 6.45) is 5.25. The molecule has 0 atom stereocenters. The molecule has 4 heteroatoms. The van der Waals surface area contributed by atoms with E-state index >= 15 is 0 Å². The number of pyridine rings is 2. The minimum atomic E-state index is 0.501. The number of anilines is 3. The van der Waals surface area contributed by atoms with Gasteiger partial charge in [-0.15, -0.1) is 0 Å². The molecule has 0 aliphatic carbocycles. The van der Waals surface area contributed by atoms with Crippen molar-refractivity contribution < 1.29 is 0 Å². The van der Waals surface area contributed by atoms with Crippen LogP contribution < -0.4 is 11.1 Å². The molecular weight excluding hydrogens is 188 g/mol. The standard InChI is InChI=1S/C11H12N4/c1-8-4-10(7-13-6-8)15-9-2-3-14-11(12)5-9/h2-7H,1H3,(H3,12,14,15). The lowest BCUT2D eigenvalue weighted by Gasteiger charge is -2.06. The summed E-state index contributed by atoms with van der Waals surface area (Å²) in [6, 6.07) is 5.66. The van der Waals surface area contributed by atoms with Crippen molar-refractivity contribution in [1.29, 1.82) is 0 Å². The van der Waals surface area contributed by atoms with Gasteiger partial charge < -0.3 is 11.1 Å². The minimum absolute atomic E-state index is 0.501. The number of nitrogens with two attached hydrogens (primary N) is 1. The second-order valence-corrected chi connectivity index (χ2v) is 3.35. The fourth-order valence-electron chi connectivity index (χ4n) is 1.32. The van der Waals surface area contributed by atoms with Crippen LogP contribution in [0.2, 0.25) is 0 Å². The lowest BCUT2D eigenvalue weighted by atomic mass is 10.3. The molecule has 15 heavy (non-hydrogen) atoms. The predicted molar refractivity (Wildman–Crippen MR) is 60.9 cm³/mol. The number of aromatic nitrogens is 2. The molecule has 0 radical (unpaired) electrons. The Bertz CT molecular complexity index is 424. The molecule has 0 saturated carbocycles. The third kappa shape index (κ3) is 2.43. The maximum absolute atomic E-state index is 5.58. The first-order chi connectivity index (χ1) is 7.24. The summed E-state index contributed by atoms with van der Waals surface area (Å²) in [5.41, 5.74) is 8.55. The number of hydrogen-bond donors (Lipinski definition) is 2. The molecule has 76 valence electrons. The Morgan fingerprint density at radius 1 is 1.20 bits per heavy atom. The van der Waals surface area contributed by atoms with Crippen molar-refractivity contribution >= 4 is 17.2 Å². The number of nitrogens with one attached hydrogen (secondary N) is 1. The highest BCUT2D eigenvalue weighted by Gasteiger charge is 1.96. The Balaban J connectivity index is 2.22. The van der Waals surface area contributed by atoms with Gasteiger partial charge in [-0.05, 0) is 24.6 Å². The van der Waals surface area contributed by atoms with E-state index in [9.17, 15) is 0 Å². The van der Waals surface area contributed by atoms with Gasteiger partial charge in [-0.1, -0.05) is 0 Å². The molecule has 4 nitrogen and oxygen atoms in total. The van der Waals surface area contributed by atoms with E-state index < -0.39 is 0 Å². The lowest BCUT2D eigenvalue weighted by molar-refractivity contribution is 1.26. The molecule has 2 aromatic heterocycles. The summed E-state index contributed by atoms with van der Waals surface area (Å²) >= 11 is 0. The van der Waals surface area contributed by atoms with Gasteiger partial charge in [0, 0.05) is 24.1 Å². The Labute approximate surface area is 88.2 Å². The number of hydrogen-bond acceptors (Lipinski definition) is 4. The predicted octanol–water partition coefficient (Wildman–Crippen LogP) is 2.11. The fourth-order valence-corrected chi connectivity index (χ4v) is 1.32. The Morgan fingerprint density at radius 2 is 2.07 bits per heavy atom. The summed E-state index contributed by atoms with van der Waals surface area (Å²) in [4.78, 5) is 8.01. The van der Waals surface area contributed by atoms with E-state index in [-0.39, 0.29) is 0 Å². The van der Waals surface area contributed by atoms with Crippen molar-refractivity contribution in [3.05, 3.63) is 42.4 Å². The minimum Gasteiger partial charge on any atom is -0.384 e. The molecule has 2 heterocycles. The number of nitrogen functional groups attached to an aromatic ring is 1. The smallest absolute Gasteiger partial charge is 0.125 e.